The minimum absolute atomic E-state index is 0.00639. The zero-order valence-electron chi connectivity index (χ0n) is 63.2. The summed E-state index contributed by atoms with van der Waals surface area (Å²) in [5, 5.41) is 41.5. The summed E-state index contributed by atoms with van der Waals surface area (Å²) >= 11 is 2.59. The molecule has 9 aromatic rings. The van der Waals surface area contributed by atoms with Gasteiger partial charge in [0, 0.05) is 59.6 Å². The van der Waals surface area contributed by atoms with Crippen molar-refractivity contribution in [3.63, 3.8) is 0 Å². The third-order valence-corrected chi connectivity index (χ3v) is 22.2. The van der Waals surface area contributed by atoms with Crippen molar-refractivity contribution >= 4 is 126 Å². The zero-order valence-corrected chi connectivity index (χ0v) is 65.6. The molecule has 594 valence electrons. The number of amides is 3. The third-order valence-electron chi connectivity index (χ3n) is 18.8. The molecule has 3 fully saturated rings. The molecule has 0 spiro atoms. The summed E-state index contributed by atoms with van der Waals surface area (Å²) in [5.41, 5.74) is 3.59. The van der Waals surface area contributed by atoms with E-state index in [-0.39, 0.29) is 102 Å². The molecule has 0 saturated carbocycles. The fourth-order valence-corrected chi connectivity index (χ4v) is 16.8. The van der Waals surface area contributed by atoms with Gasteiger partial charge in [0.1, 0.15) is 103 Å². The quantitative estimate of drug-likeness (QED) is 0.0243. The average Bonchev–Trinajstić information content (AvgIpc) is 1.60. The molecular formula is C83H73F3N6O20S3. The Morgan fingerprint density at radius 2 is 0.670 bits per heavy atom. The Morgan fingerprint density at radius 3 is 0.904 bits per heavy atom. The van der Waals surface area contributed by atoms with Gasteiger partial charge in [-0.25, -0.2) is 42.5 Å². The van der Waals surface area contributed by atoms with E-state index < -0.39 is 112 Å². The van der Waals surface area contributed by atoms with Gasteiger partial charge in [-0.05, 0) is 152 Å². The summed E-state index contributed by atoms with van der Waals surface area (Å²) in [7, 11) is 0. The topological polar surface area (TPSA) is 355 Å². The van der Waals surface area contributed by atoms with Gasteiger partial charge in [-0.1, -0.05) is 88.6 Å². The summed E-state index contributed by atoms with van der Waals surface area (Å²) in [6, 6.07) is 28.2. The molecule has 32 heteroatoms. The molecule has 26 nitrogen and oxygen atoms in total. The summed E-state index contributed by atoms with van der Waals surface area (Å²) in [4.78, 5) is 143. The summed E-state index contributed by atoms with van der Waals surface area (Å²) in [5.74, 6) is -9.86. The predicted octanol–water partition coefficient (Wildman–Crippen LogP) is 14.2. The Bertz CT molecular complexity index is 5080. The van der Waals surface area contributed by atoms with E-state index in [4.69, 9.17) is 38.3 Å². The van der Waals surface area contributed by atoms with Crippen LogP contribution in [0.3, 0.4) is 0 Å². The smallest absolute Gasteiger partial charge is 0.350 e. The number of aliphatic hydroxyl groups is 3. The second kappa shape index (κ2) is 33.9. The largest absolute Gasteiger partial charge is 0.507 e. The molecule has 0 radical (unpaired) electrons. The first-order valence-corrected chi connectivity index (χ1v) is 38.5. The molecule has 115 heavy (non-hydrogen) atoms. The van der Waals surface area contributed by atoms with Crippen LogP contribution in [0.15, 0.2) is 144 Å². The third kappa shape index (κ3) is 16.2. The van der Waals surface area contributed by atoms with E-state index in [1.165, 1.54) is 54.6 Å². The number of thiazole rings is 3. The number of Topliss-reactive ketones (excluding diaryl/α,β-unsaturated/α-hetero) is 3. The number of carboxylic acid groups (broad SMARTS) is 1. The Morgan fingerprint density at radius 1 is 0.426 bits per heavy atom. The van der Waals surface area contributed by atoms with Crippen LogP contribution in [0.2, 0.25) is 0 Å². The Labute approximate surface area is 666 Å². The van der Waals surface area contributed by atoms with Crippen molar-refractivity contribution in [1.82, 2.24) is 15.0 Å². The molecule has 4 N–H and O–H groups in total. The number of halogens is 3. The lowest BCUT2D eigenvalue weighted by Gasteiger charge is -2.23. The van der Waals surface area contributed by atoms with Gasteiger partial charge >= 0.3 is 35.6 Å². The molecular weight excluding hydrogens is 1550 g/mol. The van der Waals surface area contributed by atoms with E-state index in [0.29, 0.717) is 70.3 Å². The summed E-state index contributed by atoms with van der Waals surface area (Å²) in [6.45, 7) is 17.0. The number of carboxylic acids is 1. The number of hydrogen-bond acceptors (Lipinski definition) is 25. The van der Waals surface area contributed by atoms with Crippen molar-refractivity contribution in [2.75, 3.05) is 34.5 Å². The standard InChI is InChI=1S/3C27H23FN2O6S.C2H4O2/c3*1-4-35-26(34)24-14(3)29-27(37-24)30-21(17-7-5-6-8-18(17)28)20(23(32)25(30)33)22(31)15-9-10-19-16(12-15)11-13(2)36-19;1-2(3)4/h3*5-10,12-13,21,31H,4,11H2,1-3H3;1H3,(H,3,4). The van der Waals surface area contributed by atoms with Crippen molar-refractivity contribution in [3.8, 4) is 17.2 Å². The van der Waals surface area contributed by atoms with E-state index in [1.54, 1.807) is 114 Å². The Kier molecular flexibility index (Phi) is 24.1. The second-order valence-electron chi connectivity index (χ2n) is 26.9. The fourth-order valence-electron chi connectivity index (χ4n) is 13.9. The zero-order chi connectivity index (χ0) is 82.9. The molecule has 15 rings (SSSR count). The SMILES string of the molecule is CC(=O)O.CCOC(=O)c1sc(N2C(=O)C(=O)C(=C(O)c3ccc4c(c3)CC(C)O4)C2c2ccccc2F)nc1C.CCOC(=O)c1sc(N2C(=O)C(=O)C(=C(O)c3ccc4c(c3)CC(C)O4)C2c2ccccc2F)nc1C.CCOC(=O)c1sc(N2C(=O)C(=O)C(=C(O)c3ccc4c(c3)CC(C)O4)C2c2ccccc2F)nc1C. The highest BCUT2D eigenvalue weighted by molar-refractivity contribution is 7.18. The first kappa shape index (κ1) is 81.8. The number of ether oxygens (including phenoxy) is 6. The van der Waals surface area contributed by atoms with Gasteiger partial charge in [-0.2, -0.15) is 0 Å². The number of aryl methyl sites for hydroxylation is 3. The molecule has 3 amide bonds. The minimum Gasteiger partial charge on any atom is -0.507 e. The number of benzene rings is 6. The van der Waals surface area contributed by atoms with Gasteiger partial charge in [0.05, 0.1) is 53.6 Å². The van der Waals surface area contributed by atoms with Crippen LogP contribution in [0.25, 0.3) is 17.3 Å². The summed E-state index contributed by atoms with van der Waals surface area (Å²) in [6.07, 6.45) is 1.78. The van der Waals surface area contributed by atoms with Crippen LogP contribution < -0.4 is 28.9 Å². The number of nitrogens with zero attached hydrogens (tertiary/aromatic N) is 6. The molecule has 3 aromatic heterocycles. The number of esters is 3. The number of rotatable bonds is 15. The molecule has 6 atom stereocenters. The predicted molar refractivity (Wildman–Crippen MR) is 416 cm³/mol. The van der Waals surface area contributed by atoms with Crippen LogP contribution in [0.4, 0.5) is 28.6 Å². The van der Waals surface area contributed by atoms with Crippen LogP contribution in [0.5, 0.6) is 17.2 Å². The number of fused-ring (bicyclic) bond motifs is 3. The minimum atomic E-state index is -1.30. The molecule has 6 aromatic carbocycles. The van der Waals surface area contributed by atoms with Crippen LogP contribution in [0.1, 0.15) is 163 Å². The Hall–Kier alpha value is -12.7. The van der Waals surface area contributed by atoms with Gasteiger partial charge in [-0.3, -0.25) is 48.3 Å². The summed E-state index contributed by atoms with van der Waals surface area (Å²) < 4.78 is 77.6. The van der Waals surface area contributed by atoms with Crippen molar-refractivity contribution in [2.45, 2.75) is 125 Å². The van der Waals surface area contributed by atoms with E-state index in [2.05, 4.69) is 15.0 Å². The van der Waals surface area contributed by atoms with Crippen LogP contribution >= 0.6 is 34.0 Å². The first-order valence-electron chi connectivity index (χ1n) is 36.1. The number of aliphatic carboxylic acids is 1. The molecule has 9 heterocycles. The molecule has 3 saturated heterocycles. The first-order chi connectivity index (χ1) is 54.8. The number of aliphatic hydroxyl groups excluding tert-OH is 3. The highest BCUT2D eigenvalue weighted by Gasteiger charge is 2.53. The Balaban J connectivity index is 0.000000155. The lowest BCUT2D eigenvalue weighted by Crippen LogP contribution is -2.29. The van der Waals surface area contributed by atoms with E-state index in [1.807, 2.05) is 20.8 Å². The lowest BCUT2D eigenvalue weighted by molar-refractivity contribution is -0.134. The fraction of sp³-hybridized carbons (Fsp3) is 0.265. The lowest BCUT2D eigenvalue weighted by atomic mass is 9.94. The maximum atomic E-state index is 15.1. The average molecular weight is 1630 g/mol. The number of ketones is 3. The molecule has 6 unspecified atom stereocenters. The van der Waals surface area contributed by atoms with Crippen molar-refractivity contribution in [3.05, 3.63) is 243 Å². The maximum Gasteiger partial charge on any atom is 0.350 e. The van der Waals surface area contributed by atoms with E-state index in [0.717, 1.165) is 72.3 Å². The second-order valence-corrected chi connectivity index (χ2v) is 29.8. The number of aromatic nitrogens is 3. The molecule has 0 aliphatic carbocycles. The molecule has 0 bridgehead atoms. The van der Waals surface area contributed by atoms with Gasteiger partial charge < -0.3 is 48.8 Å². The van der Waals surface area contributed by atoms with Crippen molar-refractivity contribution < 1.29 is 110 Å². The van der Waals surface area contributed by atoms with Crippen LogP contribution in [0, 0.1) is 38.2 Å². The van der Waals surface area contributed by atoms with Gasteiger partial charge in [0.2, 0.25) is 0 Å². The monoisotopic (exact) mass is 1630 g/mol. The van der Waals surface area contributed by atoms with Crippen LogP contribution in [-0.4, -0.2) is 132 Å². The normalized spacial score (nSPS) is 19.7. The number of hydrogen-bond donors (Lipinski definition) is 4. The highest BCUT2D eigenvalue weighted by atomic mass is 32.1. The van der Waals surface area contributed by atoms with Gasteiger partial charge in [0.15, 0.2) is 15.4 Å². The van der Waals surface area contributed by atoms with Gasteiger partial charge in [-0.15, -0.1) is 0 Å². The molecule has 6 aliphatic heterocycles. The van der Waals surface area contributed by atoms with Crippen molar-refractivity contribution in [1.29, 1.82) is 0 Å². The maximum absolute atomic E-state index is 15.1. The number of carbonyl (C=O) groups excluding carboxylic acids is 9. The number of carbonyl (C=O) groups is 10. The van der Waals surface area contributed by atoms with E-state index >= 15 is 13.2 Å². The van der Waals surface area contributed by atoms with Gasteiger partial charge in [0.25, 0.3) is 23.3 Å². The number of anilines is 3. The highest BCUT2D eigenvalue weighted by Crippen LogP contribution is 2.50. The van der Waals surface area contributed by atoms with E-state index in [9.17, 15) is 58.5 Å². The van der Waals surface area contributed by atoms with Crippen molar-refractivity contribution in [2.24, 2.45) is 0 Å². The molecule has 6 aliphatic rings. The van der Waals surface area contributed by atoms with Crippen LogP contribution in [-0.2, 0) is 67.0 Å².